The zero-order valence-corrected chi connectivity index (χ0v) is 7.47. The molecular formula is C10H15NO. The Balaban J connectivity index is 1.94. The Labute approximate surface area is 73.0 Å². The molecule has 1 atom stereocenters. The van der Waals surface area contributed by atoms with Gasteiger partial charge in [0.25, 0.3) is 0 Å². The summed E-state index contributed by atoms with van der Waals surface area (Å²) in [5, 5.41) is 3.36. The van der Waals surface area contributed by atoms with E-state index in [0.717, 1.165) is 30.4 Å². The van der Waals surface area contributed by atoms with Gasteiger partial charge in [-0.15, -0.1) is 0 Å². The molecule has 0 aromatic carbocycles. The summed E-state index contributed by atoms with van der Waals surface area (Å²) >= 11 is 0. The van der Waals surface area contributed by atoms with E-state index in [1.165, 1.54) is 13.0 Å². The van der Waals surface area contributed by atoms with E-state index in [9.17, 15) is 0 Å². The van der Waals surface area contributed by atoms with Gasteiger partial charge >= 0.3 is 0 Å². The van der Waals surface area contributed by atoms with Gasteiger partial charge < -0.3 is 9.73 Å². The van der Waals surface area contributed by atoms with Crippen LogP contribution in [0.1, 0.15) is 17.9 Å². The molecule has 12 heavy (non-hydrogen) atoms. The summed E-state index contributed by atoms with van der Waals surface area (Å²) in [6.07, 6.45) is 2.39. The Hall–Kier alpha value is -0.760. The van der Waals surface area contributed by atoms with Crippen molar-refractivity contribution in [3.05, 3.63) is 23.7 Å². The third kappa shape index (κ3) is 1.69. The summed E-state index contributed by atoms with van der Waals surface area (Å²) in [5.74, 6) is 2.95. The Kier molecular flexibility index (Phi) is 2.17. The third-order valence-electron chi connectivity index (χ3n) is 2.45. The fraction of sp³-hybridized carbons (Fsp3) is 0.600. The van der Waals surface area contributed by atoms with E-state index < -0.39 is 0 Å². The molecule has 1 N–H and O–H groups in total. The van der Waals surface area contributed by atoms with Crippen LogP contribution < -0.4 is 5.32 Å². The minimum absolute atomic E-state index is 0.788. The summed E-state index contributed by atoms with van der Waals surface area (Å²) in [7, 11) is 0. The van der Waals surface area contributed by atoms with Crippen LogP contribution in [0.5, 0.6) is 0 Å². The molecule has 0 aliphatic carbocycles. The molecule has 0 radical (unpaired) electrons. The van der Waals surface area contributed by atoms with Gasteiger partial charge in [-0.25, -0.2) is 0 Å². The lowest BCUT2D eigenvalue weighted by molar-refractivity contribution is 0.440. The van der Waals surface area contributed by atoms with Crippen LogP contribution in [-0.2, 0) is 6.42 Å². The van der Waals surface area contributed by atoms with Crippen LogP contribution in [0.2, 0.25) is 0 Å². The van der Waals surface area contributed by atoms with Crippen molar-refractivity contribution >= 4 is 0 Å². The molecule has 2 heteroatoms. The van der Waals surface area contributed by atoms with E-state index in [0.29, 0.717) is 0 Å². The molecule has 2 nitrogen and oxygen atoms in total. The highest BCUT2D eigenvalue weighted by molar-refractivity contribution is 5.06. The molecule has 0 spiro atoms. The van der Waals surface area contributed by atoms with Crippen LogP contribution in [0.4, 0.5) is 0 Å². The van der Waals surface area contributed by atoms with Crippen molar-refractivity contribution in [3.8, 4) is 0 Å². The van der Waals surface area contributed by atoms with Crippen LogP contribution in [0.15, 0.2) is 16.5 Å². The lowest BCUT2D eigenvalue weighted by Gasteiger charge is -2.03. The fourth-order valence-electron chi connectivity index (χ4n) is 1.77. The molecule has 1 aromatic rings. The van der Waals surface area contributed by atoms with E-state index in [1.807, 2.05) is 13.0 Å². The van der Waals surface area contributed by atoms with Gasteiger partial charge in [0, 0.05) is 6.42 Å². The Morgan fingerprint density at radius 2 is 2.50 bits per heavy atom. The second-order valence-corrected chi connectivity index (χ2v) is 3.58. The number of aryl methyl sites for hydroxylation is 1. The van der Waals surface area contributed by atoms with Gasteiger partial charge in [-0.3, -0.25) is 0 Å². The van der Waals surface area contributed by atoms with Crippen molar-refractivity contribution in [2.75, 3.05) is 13.1 Å². The van der Waals surface area contributed by atoms with Gasteiger partial charge in [0.1, 0.15) is 11.5 Å². The van der Waals surface area contributed by atoms with Gasteiger partial charge in [-0.1, -0.05) is 0 Å². The van der Waals surface area contributed by atoms with Gasteiger partial charge in [0.15, 0.2) is 0 Å². The van der Waals surface area contributed by atoms with E-state index >= 15 is 0 Å². The maximum Gasteiger partial charge on any atom is 0.104 e. The number of nitrogens with one attached hydrogen (secondary N) is 1. The van der Waals surface area contributed by atoms with Crippen molar-refractivity contribution in [1.29, 1.82) is 0 Å². The minimum Gasteiger partial charge on any atom is -0.466 e. The van der Waals surface area contributed by atoms with Crippen molar-refractivity contribution in [1.82, 2.24) is 5.32 Å². The predicted octanol–water partition coefficient (Wildman–Crippen LogP) is 1.74. The van der Waals surface area contributed by atoms with Crippen LogP contribution in [0, 0.1) is 12.8 Å². The van der Waals surface area contributed by atoms with E-state index in [-0.39, 0.29) is 0 Å². The largest absolute Gasteiger partial charge is 0.466 e. The molecular weight excluding hydrogens is 150 g/mol. The van der Waals surface area contributed by atoms with Crippen molar-refractivity contribution < 1.29 is 4.42 Å². The van der Waals surface area contributed by atoms with E-state index in [2.05, 4.69) is 11.4 Å². The predicted molar refractivity (Wildman–Crippen MR) is 48.1 cm³/mol. The molecule has 0 saturated carbocycles. The number of rotatable bonds is 2. The monoisotopic (exact) mass is 165 g/mol. The zero-order chi connectivity index (χ0) is 8.39. The smallest absolute Gasteiger partial charge is 0.104 e. The second-order valence-electron chi connectivity index (χ2n) is 3.58. The highest BCUT2D eigenvalue weighted by Crippen LogP contribution is 2.16. The quantitative estimate of drug-likeness (QED) is 0.722. The summed E-state index contributed by atoms with van der Waals surface area (Å²) in [4.78, 5) is 0. The average molecular weight is 165 g/mol. The normalized spacial score (nSPS) is 23.2. The van der Waals surface area contributed by atoms with Crippen molar-refractivity contribution in [3.63, 3.8) is 0 Å². The highest BCUT2D eigenvalue weighted by Gasteiger charge is 2.15. The molecule has 2 heterocycles. The first kappa shape index (κ1) is 7.87. The lowest BCUT2D eigenvalue weighted by atomic mass is 10.0. The molecule has 0 amide bonds. The molecule has 1 aliphatic rings. The first-order valence-electron chi connectivity index (χ1n) is 4.60. The zero-order valence-electron chi connectivity index (χ0n) is 7.47. The summed E-state index contributed by atoms with van der Waals surface area (Å²) < 4.78 is 5.52. The Morgan fingerprint density at radius 3 is 3.08 bits per heavy atom. The summed E-state index contributed by atoms with van der Waals surface area (Å²) in [6, 6.07) is 4.13. The van der Waals surface area contributed by atoms with Gasteiger partial charge in [-0.2, -0.15) is 0 Å². The molecule has 2 rings (SSSR count). The molecule has 0 unspecified atom stereocenters. The summed E-state index contributed by atoms with van der Waals surface area (Å²) in [6.45, 7) is 4.32. The molecule has 1 saturated heterocycles. The van der Waals surface area contributed by atoms with Crippen LogP contribution in [-0.4, -0.2) is 13.1 Å². The average Bonchev–Trinajstić information content (AvgIpc) is 2.63. The molecule has 1 fully saturated rings. The lowest BCUT2D eigenvalue weighted by Crippen LogP contribution is -2.10. The first-order valence-corrected chi connectivity index (χ1v) is 4.60. The van der Waals surface area contributed by atoms with Gasteiger partial charge in [0.2, 0.25) is 0 Å². The third-order valence-corrected chi connectivity index (χ3v) is 2.45. The second kappa shape index (κ2) is 3.31. The molecule has 66 valence electrons. The molecule has 1 aromatic heterocycles. The first-order chi connectivity index (χ1) is 5.84. The highest BCUT2D eigenvalue weighted by atomic mass is 16.3. The maximum atomic E-state index is 5.52. The number of furan rings is 1. The van der Waals surface area contributed by atoms with Crippen molar-refractivity contribution in [2.24, 2.45) is 5.92 Å². The van der Waals surface area contributed by atoms with Crippen LogP contribution in [0.25, 0.3) is 0 Å². The minimum atomic E-state index is 0.788. The molecule has 1 aliphatic heterocycles. The number of hydrogen-bond acceptors (Lipinski definition) is 2. The number of hydrogen-bond donors (Lipinski definition) is 1. The van der Waals surface area contributed by atoms with Gasteiger partial charge in [-0.05, 0) is 44.5 Å². The van der Waals surface area contributed by atoms with E-state index in [1.54, 1.807) is 0 Å². The maximum absolute atomic E-state index is 5.52. The standard InChI is InChI=1S/C10H15NO/c1-8-2-3-10(12-8)6-9-4-5-11-7-9/h2-3,9,11H,4-7H2,1H3/t9-/m1/s1. The summed E-state index contributed by atoms with van der Waals surface area (Å²) in [5.41, 5.74) is 0. The topological polar surface area (TPSA) is 25.2 Å². The SMILES string of the molecule is Cc1ccc(C[C@H]2CCNC2)o1. The Bertz CT molecular complexity index is 248. The Morgan fingerprint density at radius 1 is 1.58 bits per heavy atom. The van der Waals surface area contributed by atoms with Gasteiger partial charge in [0.05, 0.1) is 0 Å². The fourth-order valence-corrected chi connectivity index (χ4v) is 1.77. The van der Waals surface area contributed by atoms with Crippen LogP contribution >= 0.6 is 0 Å². The van der Waals surface area contributed by atoms with Crippen molar-refractivity contribution in [2.45, 2.75) is 19.8 Å². The van der Waals surface area contributed by atoms with Crippen LogP contribution in [0.3, 0.4) is 0 Å². The molecule has 0 bridgehead atoms. The van der Waals surface area contributed by atoms with E-state index in [4.69, 9.17) is 4.42 Å².